The number of halogens is 1. The summed E-state index contributed by atoms with van der Waals surface area (Å²) in [4.78, 5) is 0. The molecule has 2 aromatic carbocycles. The summed E-state index contributed by atoms with van der Waals surface area (Å²) in [5, 5.41) is 11.3. The summed E-state index contributed by atoms with van der Waals surface area (Å²) in [6, 6.07) is 9.86. The van der Waals surface area contributed by atoms with Crippen molar-refractivity contribution in [1.29, 1.82) is 0 Å². The molecule has 0 saturated carbocycles. The van der Waals surface area contributed by atoms with E-state index in [9.17, 15) is 5.11 Å². The highest BCUT2D eigenvalue weighted by molar-refractivity contribution is 6.31. The average molecular weight is 275 g/mol. The van der Waals surface area contributed by atoms with E-state index in [1.807, 2.05) is 32.0 Å². The summed E-state index contributed by atoms with van der Waals surface area (Å²) in [6.07, 6.45) is -0.602. The van der Waals surface area contributed by atoms with Gasteiger partial charge in [0.2, 0.25) is 0 Å². The van der Waals surface area contributed by atoms with Gasteiger partial charge < -0.3 is 5.11 Å². The fraction of sp³-hybridized carbons (Fsp3) is 0.294. The Kier molecular flexibility index (Phi) is 3.98. The standard InChI is InChI=1S/C17H19ClO/c1-10-7-12(3)15(9-11(10)2)17(19)14-5-6-16(18)13(4)8-14/h5-9,17,19H,1-4H3. The van der Waals surface area contributed by atoms with Crippen LogP contribution in [0.1, 0.15) is 39.5 Å². The lowest BCUT2D eigenvalue weighted by Gasteiger charge is -2.17. The van der Waals surface area contributed by atoms with Gasteiger partial charge in [-0.3, -0.25) is 0 Å². The second-order valence-electron chi connectivity index (χ2n) is 5.20. The van der Waals surface area contributed by atoms with E-state index >= 15 is 0 Å². The normalized spacial score (nSPS) is 12.5. The van der Waals surface area contributed by atoms with E-state index in [0.717, 1.165) is 27.3 Å². The average Bonchev–Trinajstić information content (AvgIpc) is 2.36. The lowest BCUT2D eigenvalue weighted by atomic mass is 9.93. The number of aliphatic hydroxyl groups excluding tert-OH is 1. The summed E-state index contributed by atoms with van der Waals surface area (Å²) >= 11 is 6.03. The van der Waals surface area contributed by atoms with E-state index < -0.39 is 6.10 Å². The Hall–Kier alpha value is -1.31. The van der Waals surface area contributed by atoms with Gasteiger partial charge in [-0.25, -0.2) is 0 Å². The molecule has 19 heavy (non-hydrogen) atoms. The first-order chi connectivity index (χ1) is 8.90. The third-order valence-electron chi connectivity index (χ3n) is 3.67. The first-order valence-electron chi connectivity index (χ1n) is 6.42. The van der Waals surface area contributed by atoms with Crippen molar-refractivity contribution >= 4 is 11.6 Å². The Labute approximate surface area is 119 Å². The van der Waals surface area contributed by atoms with E-state index in [1.54, 1.807) is 0 Å². The molecule has 1 N–H and O–H groups in total. The zero-order valence-electron chi connectivity index (χ0n) is 11.8. The van der Waals surface area contributed by atoms with Crippen LogP contribution in [0.15, 0.2) is 30.3 Å². The zero-order valence-corrected chi connectivity index (χ0v) is 12.5. The molecule has 0 saturated heterocycles. The SMILES string of the molecule is Cc1cc(C)c(C(O)c2ccc(Cl)c(C)c2)cc1C. The first-order valence-corrected chi connectivity index (χ1v) is 6.80. The number of benzene rings is 2. The van der Waals surface area contributed by atoms with Crippen LogP contribution in [0.3, 0.4) is 0 Å². The molecule has 2 rings (SSSR count). The first kappa shape index (κ1) is 14.1. The highest BCUT2D eigenvalue weighted by atomic mass is 35.5. The maximum Gasteiger partial charge on any atom is 0.104 e. The summed E-state index contributed by atoms with van der Waals surface area (Å²) in [5.74, 6) is 0. The molecule has 0 heterocycles. The van der Waals surface area contributed by atoms with E-state index in [0.29, 0.717) is 0 Å². The van der Waals surface area contributed by atoms with Crippen molar-refractivity contribution in [3.05, 3.63) is 68.7 Å². The zero-order chi connectivity index (χ0) is 14.2. The third-order valence-corrected chi connectivity index (χ3v) is 4.10. The minimum Gasteiger partial charge on any atom is -0.384 e. The van der Waals surface area contributed by atoms with Gasteiger partial charge in [0.05, 0.1) is 0 Å². The molecule has 2 aromatic rings. The molecule has 0 aromatic heterocycles. The van der Waals surface area contributed by atoms with Gasteiger partial charge in [-0.1, -0.05) is 35.9 Å². The third kappa shape index (κ3) is 2.83. The molecule has 0 aliphatic rings. The molecule has 0 spiro atoms. The molecule has 1 nitrogen and oxygen atoms in total. The Morgan fingerprint density at radius 1 is 0.842 bits per heavy atom. The summed E-state index contributed by atoms with van der Waals surface area (Å²) < 4.78 is 0. The second kappa shape index (κ2) is 5.36. The quantitative estimate of drug-likeness (QED) is 0.845. The van der Waals surface area contributed by atoms with Crippen molar-refractivity contribution in [3.8, 4) is 0 Å². The molecule has 0 radical (unpaired) electrons. The molecular weight excluding hydrogens is 256 g/mol. The molecular formula is C17H19ClO. The summed E-state index contributed by atoms with van der Waals surface area (Å²) in [6.45, 7) is 8.14. The summed E-state index contributed by atoms with van der Waals surface area (Å²) in [7, 11) is 0. The molecule has 0 aliphatic heterocycles. The van der Waals surface area contributed by atoms with Crippen molar-refractivity contribution in [2.75, 3.05) is 0 Å². The van der Waals surface area contributed by atoms with E-state index in [1.165, 1.54) is 11.1 Å². The Morgan fingerprint density at radius 3 is 2.11 bits per heavy atom. The highest BCUT2D eigenvalue weighted by Crippen LogP contribution is 2.29. The van der Waals surface area contributed by atoms with Crippen LogP contribution >= 0.6 is 11.6 Å². The molecule has 1 atom stereocenters. The lowest BCUT2D eigenvalue weighted by Crippen LogP contribution is -2.04. The monoisotopic (exact) mass is 274 g/mol. The minimum absolute atomic E-state index is 0.602. The van der Waals surface area contributed by atoms with Gasteiger partial charge in [-0.15, -0.1) is 0 Å². The van der Waals surface area contributed by atoms with Gasteiger partial charge >= 0.3 is 0 Å². The van der Waals surface area contributed by atoms with Crippen LogP contribution in [0.4, 0.5) is 0 Å². The molecule has 2 heteroatoms. The number of hydrogen-bond donors (Lipinski definition) is 1. The molecule has 0 fully saturated rings. The fourth-order valence-electron chi connectivity index (χ4n) is 2.29. The molecule has 0 bridgehead atoms. The van der Waals surface area contributed by atoms with Crippen molar-refractivity contribution in [3.63, 3.8) is 0 Å². The second-order valence-corrected chi connectivity index (χ2v) is 5.61. The number of aliphatic hydroxyl groups is 1. The maximum absolute atomic E-state index is 10.6. The minimum atomic E-state index is -0.602. The molecule has 100 valence electrons. The van der Waals surface area contributed by atoms with Gasteiger partial charge in [0.15, 0.2) is 0 Å². The van der Waals surface area contributed by atoms with Gasteiger partial charge in [0.25, 0.3) is 0 Å². The molecule has 0 amide bonds. The number of rotatable bonds is 2. The molecule has 1 unspecified atom stereocenters. The van der Waals surface area contributed by atoms with Crippen LogP contribution in [0.25, 0.3) is 0 Å². The fourth-order valence-corrected chi connectivity index (χ4v) is 2.41. The van der Waals surface area contributed by atoms with Gasteiger partial charge in [0.1, 0.15) is 6.10 Å². The largest absolute Gasteiger partial charge is 0.384 e. The predicted octanol–water partition coefficient (Wildman–Crippen LogP) is 4.66. The van der Waals surface area contributed by atoms with Crippen LogP contribution in [0.5, 0.6) is 0 Å². The van der Waals surface area contributed by atoms with Crippen molar-refractivity contribution in [2.24, 2.45) is 0 Å². The maximum atomic E-state index is 10.6. The predicted molar refractivity (Wildman–Crippen MR) is 80.9 cm³/mol. The highest BCUT2D eigenvalue weighted by Gasteiger charge is 2.14. The van der Waals surface area contributed by atoms with E-state index in [4.69, 9.17) is 11.6 Å². The van der Waals surface area contributed by atoms with Crippen molar-refractivity contribution in [1.82, 2.24) is 0 Å². The Morgan fingerprint density at radius 2 is 1.47 bits per heavy atom. The van der Waals surface area contributed by atoms with Crippen molar-refractivity contribution < 1.29 is 5.11 Å². The lowest BCUT2D eigenvalue weighted by molar-refractivity contribution is 0.219. The van der Waals surface area contributed by atoms with Crippen LogP contribution in [-0.4, -0.2) is 5.11 Å². The molecule has 0 aliphatic carbocycles. The van der Waals surface area contributed by atoms with Gasteiger partial charge in [-0.05, 0) is 67.1 Å². The van der Waals surface area contributed by atoms with E-state index in [2.05, 4.69) is 26.0 Å². The number of aryl methyl sites for hydroxylation is 4. The van der Waals surface area contributed by atoms with Crippen LogP contribution in [0, 0.1) is 27.7 Å². The topological polar surface area (TPSA) is 20.2 Å². The van der Waals surface area contributed by atoms with Crippen molar-refractivity contribution in [2.45, 2.75) is 33.8 Å². The Balaban J connectivity index is 2.46. The summed E-state index contributed by atoms with van der Waals surface area (Å²) in [5.41, 5.74) is 6.40. The van der Waals surface area contributed by atoms with Gasteiger partial charge in [0, 0.05) is 5.02 Å². The van der Waals surface area contributed by atoms with Crippen LogP contribution in [0.2, 0.25) is 5.02 Å². The van der Waals surface area contributed by atoms with Gasteiger partial charge in [-0.2, -0.15) is 0 Å². The Bertz CT molecular complexity index is 617. The smallest absolute Gasteiger partial charge is 0.104 e. The van der Waals surface area contributed by atoms with Crippen LogP contribution in [-0.2, 0) is 0 Å². The van der Waals surface area contributed by atoms with Crippen LogP contribution < -0.4 is 0 Å². The van der Waals surface area contributed by atoms with E-state index in [-0.39, 0.29) is 0 Å². The number of hydrogen-bond acceptors (Lipinski definition) is 1.